The quantitative estimate of drug-likeness (QED) is 0.175. The molecule has 4 heteroatoms. The number of pyridine rings is 2. The molecule has 39 heavy (non-hydrogen) atoms. The number of furan rings is 1. The van der Waals surface area contributed by atoms with E-state index in [1.807, 2.05) is 84.9 Å². The number of hydrogen-bond acceptors (Lipinski definition) is 3. The third-order valence-electron chi connectivity index (χ3n) is 6.43. The molecule has 4 aromatic carbocycles. The van der Waals surface area contributed by atoms with Gasteiger partial charge in [-0.2, -0.15) is 0 Å². The van der Waals surface area contributed by atoms with Crippen molar-refractivity contribution >= 4 is 21.9 Å². The summed E-state index contributed by atoms with van der Waals surface area (Å²) in [6.07, 6.45) is 3.59. The zero-order chi connectivity index (χ0) is 25.7. The van der Waals surface area contributed by atoms with E-state index in [4.69, 9.17) is 4.42 Å². The van der Waals surface area contributed by atoms with Crippen molar-refractivity contribution in [1.29, 1.82) is 0 Å². The SMILES string of the molecule is Cc1c[c-]c(-c2ccccn2)c2oc3ccccc3c12.[Ir].[c-]1cc(-c2ccccc2)ccc1-c1ccccn1. The summed E-state index contributed by atoms with van der Waals surface area (Å²) in [7, 11) is 0. The van der Waals surface area contributed by atoms with Crippen LogP contribution in [0.1, 0.15) is 5.56 Å². The molecule has 0 spiro atoms. The smallest absolute Gasteiger partial charge is 0.120 e. The minimum atomic E-state index is 0. The van der Waals surface area contributed by atoms with Gasteiger partial charge < -0.3 is 14.4 Å². The summed E-state index contributed by atoms with van der Waals surface area (Å²) in [5.74, 6) is 0. The fourth-order valence-electron chi connectivity index (χ4n) is 4.55. The molecule has 0 saturated carbocycles. The average molecular weight is 681 g/mol. The molecule has 3 nitrogen and oxygen atoms in total. The Kier molecular flexibility index (Phi) is 8.07. The van der Waals surface area contributed by atoms with Gasteiger partial charge in [0.2, 0.25) is 0 Å². The van der Waals surface area contributed by atoms with Crippen LogP contribution in [0.25, 0.3) is 55.6 Å². The normalized spacial score (nSPS) is 10.5. The molecule has 3 heterocycles. The number of para-hydroxylation sites is 1. The van der Waals surface area contributed by atoms with Crippen LogP contribution in [-0.2, 0) is 20.1 Å². The number of aryl methyl sites for hydroxylation is 1. The molecular weight excluding hydrogens is 657 g/mol. The van der Waals surface area contributed by atoms with E-state index >= 15 is 0 Å². The van der Waals surface area contributed by atoms with Crippen LogP contribution in [0, 0.1) is 19.1 Å². The van der Waals surface area contributed by atoms with Gasteiger partial charge in [-0.15, -0.1) is 47.5 Å². The molecule has 0 N–H and O–H groups in total. The molecule has 0 amide bonds. The Morgan fingerprint density at radius 2 is 1.31 bits per heavy atom. The van der Waals surface area contributed by atoms with Gasteiger partial charge in [0.15, 0.2) is 0 Å². The fourth-order valence-corrected chi connectivity index (χ4v) is 4.55. The van der Waals surface area contributed by atoms with Gasteiger partial charge in [0.25, 0.3) is 0 Å². The topological polar surface area (TPSA) is 38.9 Å². The van der Waals surface area contributed by atoms with E-state index in [0.717, 1.165) is 44.5 Å². The minimum Gasteiger partial charge on any atom is -0.501 e. The molecule has 3 aromatic heterocycles. The molecule has 0 aliphatic rings. The van der Waals surface area contributed by atoms with Crippen LogP contribution in [0.3, 0.4) is 0 Å². The number of nitrogens with zero attached hydrogens (tertiary/aromatic N) is 2. The zero-order valence-corrected chi connectivity index (χ0v) is 23.7. The molecular formula is C35H24IrN2O-2. The summed E-state index contributed by atoms with van der Waals surface area (Å²) in [5.41, 5.74) is 9.11. The van der Waals surface area contributed by atoms with Gasteiger partial charge in [-0.1, -0.05) is 102 Å². The van der Waals surface area contributed by atoms with Gasteiger partial charge in [-0.25, -0.2) is 0 Å². The van der Waals surface area contributed by atoms with E-state index in [-0.39, 0.29) is 20.1 Å². The van der Waals surface area contributed by atoms with Gasteiger partial charge >= 0.3 is 0 Å². The van der Waals surface area contributed by atoms with E-state index in [0.29, 0.717) is 0 Å². The molecule has 191 valence electrons. The second-order valence-corrected chi connectivity index (χ2v) is 8.94. The number of hydrogen-bond donors (Lipinski definition) is 0. The van der Waals surface area contributed by atoms with Gasteiger partial charge in [0.05, 0.1) is 5.58 Å². The van der Waals surface area contributed by atoms with E-state index in [1.54, 1.807) is 12.4 Å². The van der Waals surface area contributed by atoms with Crippen molar-refractivity contribution < 1.29 is 24.5 Å². The summed E-state index contributed by atoms with van der Waals surface area (Å²) in [5, 5.41) is 2.30. The van der Waals surface area contributed by atoms with E-state index in [2.05, 4.69) is 59.4 Å². The first-order valence-corrected chi connectivity index (χ1v) is 12.5. The number of fused-ring (bicyclic) bond motifs is 3. The summed E-state index contributed by atoms with van der Waals surface area (Å²) >= 11 is 0. The van der Waals surface area contributed by atoms with Crippen molar-refractivity contribution in [3.63, 3.8) is 0 Å². The second kappa shape index (κ2) is 12.0. The third kappa shape index (κ3) is 5.58. The third-order valence-corrected chi connectivity index (χ3v) is 6.43. The molecule has 0 saturated heterocycles. The standard InChI is InChI=1S/C18H12NO.C17H12N.Ir/c1-12-9-10-13(15-7-4-5-11-19-15)18-17(12)14-6-2-3-8-16(14)20-18;1-2-6-14(7-3-1)15-9-11-16(12-10-15)17-8-4-5-13-18-17;/h2-9,11H,1H3;1-11,13H;/q2*-1;. The van der Waals surface area contributed by atoms with Crippen LogP contribution in [0.15, 0.2) is 132 Å². The summed E-state index contributed by atoms with van der Waals surface area (Å²) in [6, 6.07) is 45.0. The van der Waals surface area contributed by atoms with Crippen LogP contribution in [0.4, 0.5) is 0 Å². The van der Waals surface area contributed by atoms with Gasteiger partial charge in [-0.05, 0) is 29.6 Å². The Morgan fingerprint density at radius 1 is 0.615 bits per heavy atom. The van der Waals surface area contributed by atoms with Crippen molar-refractivity contribution in [2.45, 2.75) is 6.92 Å². The first-order valence-electron chi connectivity index (χ1n) is 12.5. The van der Waals surface area contributed by atoms with Gasteiger partial charge in [0.1, 0.15) is 5.58 Å². The number of rotatable bonds is 3. The molecule has 0 atom stereocenters. The molecule has 1 radical (unpaired) electrons. The van der Waals surface area contributed by atoms with Crippen molar-refractivity contribution in [3.8, 4) is 33.6 Å². The predicted molar refractivity (Wildman–Crippen MR) is 154 cm³/mol. The van der Waals surface area contributed by atoms with E-state index < -0.39 is 0 Å². The molecule has 0 fully saturated rings. The zero-order valence-electron chi connectivity index (χ0n) is 21.3. The average Bonchev–Trinajstić information content (AvgIpc) is 3.40. The van der Waals surface area contributed by atoms with E-state index in [9.17, 15) is 0 Å². The second-order valence-electron chi connectivity index (χ2n) is 8.94. The first-order chi connectivity index (χ1) is 18.8. The molecule has 0 unspecified atom stereocenters. The molecule has 0 bridgehead atoms. The maximum Gasteiger partial charge on any atom is 0.120 e. The first kappa shape index (κ1) is 26.2. The summed E-state index contributed by atoms with van der Waals surface area (Å²) < 4.78 is 6.05. The van der Waals surface area contributed by atoms with Crippen LogP contribution in [0.5, 0.6) is 0 Å². The summed E-state index contributed by atoms with van der Waals surface area (Å²) in [4.78, 5) is 8.73. The Balaban J connectivity index is 0.000000155. The van der Waals surface area contributed by atoms with Crippen LogP contribution in [0.2, 0.25) is 0 Å². The molecule has 7 aromatic rings. The number of aromatic nitrogens is 2. The summed E-state index contributed by atoms with van der Waals surface area (Å²) in [6.45, 7) is 2.09. The Bertz CT molecular complexity index is 1740. The van der Waals surface area contributed by atoms with Crippen molar-refractivity contribution in [2.24, 2.45) is 0 Å². The van der Waals surface area contributed by atoms with Crippen molar-refractivity contribution in [1.82, 2.24) is 9.97 Å². The maximum atomic E-state index is 6.05. The van der Waals surface area contributed by atoms with Crippen molar-refractivity contribution in [2.75, 3.05) is 0 Å². The fraction of sp³-hybridized carbons (Fsp3) is 0.0286. The van der Waals surface area contributed by atoms with Crippen LogP contribution in [-0.4, -0.2) is 9.97 Å². The van der Waals surface area contributed by atoms with Crippen LogP contribution < -0.4 is 0 Å². The Morgan fingerprint density at radius 3 is 2.00 bits per heavy atom. The minimum absolute atomic E-state index is 0. The molecule has 7 rings (SSSR count). The maximum absolute atomic E-state index is 6.05. The monoisotopic (exact) mass is 681 g/mol. The largest absolute Gasteiger partial charge is 0.501 e. The number of benzene rings is 4. The van der Waals surface area contributed by atoms with E-state index in [1.165, 1.54) is 16.7 Å². The Labute approximate surface area is 241 Å². The Hall–Kier alpha value is -4.37. The van der Waals surface area contributed by atoms with Gasteiger partial charge in [0, 0.05) is 37.9 Å². The molecule has 0 aliphatic heterocycles. The molecule has 0 aliphatic carbocycles. The van der Waals surface area contributed by atoms with Crippen LogP contribution >= 0.6 is 0 Å². The predicted octanol–water partition coefficient (Wildman–Crippen LogP) is 8.97. The van der Waals surface area contributed by atoms with Gasteiger partial charge in [-0.3, -0.25) is 0 Å². The van der Waals surface area contributed by atoms with Crippen molar-refractivity contribution in [3.05, 3.63) is 145 Å².